The molecular formula is C20H35BO4. The van der Waals surface area contributed by atoms with E-state index >= 15 is 0 Å². The molecule has 25 heavy (non-hydrogen) atoms. The maximum absolute atomic E-state index is 8.71. The van der Waals surface area contributed by atoms with Crippen LogP contribution in [0.2, 0.25) is 0 Å². The molecule has 0 aliphatic carbocycles. The zero-order chi connectivity index (χ0) is 18.2. The fourth-order valence-corrected chi connectivity index (χ4v) is 2.87. The standard InChI is InChI=1S/C20H35BO4/c1-2-3-4-5-6-7-8-9-10-11-12-13-18-24-19-14-16-20(17-15-19)25-21(22)23/h14-17,22-23H,2-13,18H2,1H3. The maximum Gasteiger partial charge on any atom is 0.707 e. The van der Waals surface area contributed by atoms with Gasteiger partial charge in [-0.05, 0) is 30.7 Å². The molecule has 1 aromatic rings. The first-order valence-electron chi connectivity index (χ1n) is 9.98. The number of unbranched alkanes of at least 4 members (excludes halogenated alkanes) is 11. The van der Waals surface area contributed by atoms with Crippen molar-refractivity contribution in [2.24, 2.45) is 0 Å². The van der Waals surface area contributed by atoms with E-state index in [0.29, 0.717) is 5.75 Å². The van der Waals surface area contributed by atoms with E-state index in [2.05, 4.69) is 6.92 Å². The van der Waals surface area contributed by atoms with Crippen LogP contribution >= 0.6 is 0 Å². The van der Waals surface area contributed by atoms with E-state index in [1.165, 1.54) is 70.6 Å². The molecule has 4 nitrogen and oxygen atoms in total. The molecule has 0 atom stereocenters. The number of ether oxygens (including phenoxy) is 1. The van der Waals surface area contributed by atoms with Crippen LogP contribution in [0.15, 0.2) is 24.3 Å². The molecule has 1 rings (SSSR count). The lowest BCUT2D eigenvalue weighted by Crippen LogP contribution is -2.20. The van der Waals surface area contributed by atoms with Gasteiger partial charge in [0, 0.05) is 0 Å². The maximum atomic E-state index is 8.71. The van der Waals surface area contributed by atoms with Gasteiger partial charge in [-0.3, -0.25) is 0 Å². The predicted molar refractivity (Wildman–Crippen MR) is 104 cm³/mol. The molecule has 0 radical (unpaired) electrons. The highest BCUT2D eigenvalue weighted by Gasteiger charge is 2.10. The van der Waals surface area contributed by atoms with Crippen LogP contribution in [0.5, 0.6) is 11.5 Å². The Bertz CT molecular complexity index is 409. The van der Waals surface area contributed by atoms with Crippen molar-refractivity contribution in [2.45, 2.75) is 84.0 Å². The monoisotopic (exact) mass is 350 g/mol. The Kier molecular flexibility index (Phi) is 13.2. The molecule has 0 heterocycles. The Balaban J connectivity index is 1.88. The first-order chi connectivity index (χ1) is 12.2. The van der Waals surface area contributed by atoms with Gasteiger partial charge >= 0.3 is 7.32 Å². The van der Waals surface area contributed by atoms with Gasteiger partial charge in [0.05, 0.1) is 6.61 Å². The van der Waals surface area contributed by atoms with Crippen LogP contribution in [0.4, 0.5) is 0 Å². The van der Waals surface area contributed by atoms with Gasteiger partial charge in [0.25, 0.3) is 0 Å². The van der Waals surface area contributed by atoms with Gasteiger partial charge in [-0.1, -0.05) is 77.6 Å². The summed E-state index contributed by atoms with van der Waals surface area (Å²) in [6, 6.07) is 6.88. The van der Waals surface area contributed by atoms with Crippen LogP contribution in [-0.2, 0) is 0 Å². The quantitative estimate of drug-likeness (QED) is 0.321. The van der Waals surface area contributed by atoms with Crippen LogP contribution in [0.25, 0.3) is 0 Å². The number of benzene rings is 1. The fraction of sp³-hybridized carbons (Fsp3) is 0.700. The summed E-state index contributed by atoms with van der Waals surface area (Å²) in [5.41, 5.74) is 0. The largest absolute Gasteiger partial charge is 0.707 e. The SMILES string of the molecule is CCCCCCCCCCCCCCOc1ccc(OB(O)O)cc1. The van der Waals surface area contributed by atoms with Gasteiger partial charge in [-0.15, -0.1) is 0 Å². The van der Waals surface area contributed by atoms with E-state index in [9.17, 15) is 0 Å². The zero-order valence-corrected chi connectivity index (χ0v) is 15.8. The summed E-state index contributed by atoms with van der Waals surface area (Å²) in [4.78, 5) is 0. The fourth-order valence-electron chi connectivity index (χ4n) is 2.87. The van der Waals surface area contributed by atoms with Gasteiger partial charge in [-0.2, -0.15) is 0 Å². The number of hydrogen-bond acceptors (Lipinski definition) is 4. The third kappa shape index (κ3) is 12.8. The summed E-state index contributed by atoms with van der Waals surface area (Å²) >= 11 is 0. The van der Waals surface area contributed by atoms with Gasteiger partial charge in [0.1, 0.15) is 11.5 Å². The van der Waals surface area contributed by atoms with E-state index in [1.54, 1.807) is 24.3 Å². The summed E-state index contributed by atoms with van der Waals surface area (Å²) in [5.74, 6) is 1.19. The van der Waals surface area contributed by atoms with Crippen molar-refractivity contribution >= 4 is 7.32 Å². The molecule has 0 spiro atoms. The van der Waals surface area contributed by atoms with Crippen molar-refractivity contribution in [1.82, 2.24) is 0 Å². The topological polar surface area (TPSA) is 58.9 Å². The highest BCUT2D eigenvalue weighted by Crippen LogP contribution is 2.18. The Labute approximate surface area is 153 Å². The van der Waals surface area contributed by atoms with Crippen molar-refractivity contribution in [2.75, 3.05) is 6.61 Å². The summed E-state index contributed by atoms with van der Waals surface area (Å²) in [6.45, 7) is 2.99. The van der Waals surface area contributed by atoms with Crippen molar-refractivity contribution in [3.05, 3.63) is 24.3 Å². The summed E-state index contributed by atoms with van der Waals surface area (Å²) in [5, 5.41) is 17.4. The summed E-state index contributed by atoms with van der Waals surface area (Å²) in [6.07, 6.45) is 16.0. The molecule has 1 aromatic carbocycles. The van der Waals surface area contributed by atoms with Crippen LogP contribution in [-0.4, -0.2) is 24.0 Å². The van der Waals surface area contributed by atoms with Gasteiger partial charge in [0.15, 0.2) is 0 Å². The van der Waals surface area contributed by atoms with E-state index in [4.69, 9.17) is 19.4 Å². The van der Waals surface area contributed by atoms with Crippen molar-refractivity contribution in [3.8, 4) is 11.5 Å². The molecule has 0 saturated heterocycles. The van der Waals surface area contributed by atoms with E-state index in [-0.39, 0.29) is 0 Å². The minimum absolute atomic E-state index is 0.410. The second-order valence-electron chi connectivity index (χ2n) is 6.65. The summed E-state index contributed by atoms with van der Waals surface area (Å²) in [7, 11) is -1.78. The molecule has 0 aliphatic rings. The predicted octanol–water partition coefficient (Wildman–Crippen LogP) is 5.11. The second-order valence-corrected chi connectivity index (χ2v) is 6.65. The van der Waals surface area contributed by atoms with Crippen molar-refractivity contribution in [3.63, 3.8) is 0 Å². The van der Waals surface area contributed by atoms with E-state index < -0.39 is 7.32 Å². The molecule has 5 heteroatoms. The molecule has 2 N–H and O–H groups in total. The third-order valence-corrected chi connectivity index (χ3v) is 4.33. The minimum Gasteiger partial charge on any atom is -0.512 e. The lowest BCUT2D eigenvalue weighted by molar-refractivity contribution is 0.286. The Morgan fingerprint density at radius 2 is 1.12 bits per heavy atom. The normalized spacial score (nSPS) is 10.7. The lowest BCUT2D eigenvalue weighted by Gasteiger charge is -2.08. The minimum atomic E-state index is -1.78. The highest BCUT2D eigenvalue weighted by molar-refractivity contribution is 6.33. The smallest absolute Gasteiger partial charge is 0.512 e. The van der Waals surface area contributed by atoms with Gasteiger partial charge in [-0.25, -0.2) is 0 Å². The first-order valence-corrected chi connectivity index (χ1v) is 9.98. The van der Waals surface area contributed by atoms with Gasteiger partial charge in [0.2, 0.25) is 0 Å². The Morgan fingerprint density at radius 1 is 0.680 bits per heavy atom. The van der Waals surface area contributed by atoms with Crippen LogP contribution in [0.1, 0.15) is 84.0 Å². The average molecular weight is 350 g/mol. The van der Waals surface area contributed by atoms with Crippen molar-refractivity contribution in [1.29, 1.82) is 0 Å². The molecule has 0 aromatic heterocycles. The van der Waals surface area contributed by atoms with E-state index in [0.717, 1.165) is 18.8 Å². The average Bonchev–Trinajstić information content (AvgIpc) is 2.60. The Hall–Kier alpha value is -1.20. The van der Waals surface area contributed by atoms with Crippen LogP contribution < -0.4 is 9.39 Å². The summed E-state index contributed by atoms with van der Waals surface area (Å²) < 4.78 is 10.4. The molecular weight excluding hydrogens is 315 g/mol. The van der Waals surface area contributed by atoms with Gasteiger partial charge < -0.3 is 19.4 Å². The third-order valence-electron chi connectivity index (χ3n) is 4.33. The first kappa shape index (κ1) is 21.8. The molecule has 0 aliphatic heterocycles. The molecule has 0 fully saturated rings. The molecule has 0 bridgehead atoms. The zero-order valence-electron chi connectivity index (χ0n) is 15.8. The number of hydrogen-bond donors (Lipinski definition) is 2. The number of rotatable bonds is 16. The van der Waals surface area contributed by atoms with Crippen LogP contribution in [0, 0.1) is 0 Å². The van der Waals surface area contributed by atoms with Crippen LogP contribution in [0.3, 0.4) is 0 Å². The molecule has 0 saturated carbocycles. The molecule has 0 amide bonds. The molecule has 142 valence electrons. The Morgan fingerprint density at radius 3 is 1.60 bits per heavy atom. The molecule has 0 unspecified atom stereocenters. The van der Waals surface area contributed by atoms with E-state index in [1.807, 2.05) is 0 Å². The lowest BCUT2D eigenvalue weighted by atomic mass is 10.1. The van der Waals surface area contributed by atoms with Crippen molar-refractivity contribution < 1.29 is 19.4 Å². The second kappa shape index (κ2) is 15.1. The highest BCUT2D eigenvalue weighted by atomic mass is 16.6.